The highest BCUT2D eigenvalue weighted by atomic mass is 32.3. The summed E-state index contributed by atoms with van der Waals surface area (Å²) < 4.78 is 32.6. The molecule has 0 atom stereocenters. The molecule has 12 heteroatoms. The Balaban J connectivity index is 1.52. The number of hydrogen-bond acceptors (Lipinski definition) is 9. The van der Waals surface area contributed by atoms with Gasteiger partial charge in [-0.25, -0.2) is 4.68 Å². The van der Waals surface area contributed by atoms with E-state index in [9.17, 15) is 23.8 Å². The van der Waals surface area contributed by atoms with E-state index in [0.29, 0.717) is 29.9 Å². The number of nitrogens with zero attached hydrogens (tertiary/aromatic N) is 2. The molecule has 5 rings (SSSR count). The van der Waals surface area contributed by atoms with E-state index < -0.39 is 16.3 Å². The Labute approximate surface area is 208 Å². The lowest BCUT2D eigenvalue weighted by atomic mass is 10.1. The van der Waals surface area contributed by atoms with Crippen LogP contribution in [-0.4, -0.2) is 50.3 Å². The number of aromatic hydroxyl groups is 1. The van der Waals surface area contributed by atoms with Crippen molar-refractivity contribution in [3.8, 4) is 11.5 Å². The van der Waals surface area contributed by atoms with Gasteiger partial charge in [0.2, 0.25) is 0 Å². The van der Waals surface area contributed by atoms with Crippen LogP contribution >= 0.6 is 10.8 Å². The molecule has 1 aromatic heterocycles. The van der Waals surface area contributed by atoms with Crippen molar-refractivity contribution >= 4 is 39.1 Å². The molecule has 36 heavy (non-hydrogen) atoms. The zero-order valence-electron chi connectivity index (χ0n) is 19.5. The summed E-state index contributed by atoms with van der Waals surface area (Å²) in [5, 5.41) is 17.0. The minimum absolute atomic E-state index is 0.0483. The van der Waals surface area contributed by atoms with Gasteiger partial charge >= 0.3 is 0 Å². The number of benzene rings is 2. The molecular formula is C24H27N5O6S. The van der Waals surface area contributed by atoms with Crippen LogP contribution in [0.25, 0.3) is 10.9 Å². The van der Waals surface area contributed by atoms with Crippen molar-refractivity contribution in [2.24, 2.45) is 10.3 Å². The van der Waals surface area contributed by atoms with Crippen LogP contribution in [0.2, 0.25) is 0 Å². The van der Waals surface area contributed by atoms with Crippen LogP contribution in [0.15, 0.2) is 56.6 Å². The van der Waals surface area contributed by atoms with Gasteiger partial charge in [0.05, 0.1) is 11.2 Å². The number of aromatic nitrogens is 1. The topological polar surface area (TPSA) is 157 Å². The van der Waals surface area contributed by atoms with Crippen molar-refractivity contribution in [1.82, 2.24) is 9.99 Å². The normalized spacial score (nSPS) is 16.9. The van der Waals surface area contributed by atoms with E-state index in [1.807, 2.05) is 0 Å². The zero-order valence-corrected chi connectivity index (χ0v) is 20.3. The molecular weight excluding hydrogens is 486 g/mol. The first kappa shape index (κ1) is 24.0. The van der Waals surface area contributed by atoms with Crippen molar-refractivity contribution in [2.45, 2.75) is 24.7 Å². The molecule has 1 fully saturated rings. The summed E-state index contributed by atoms with van der Waals surface area (Å²) in [4.78, 5) is 25.3. The number of rotatable bonds is 8. The highest BCUT2D eigenvalue weighted by molar-refractivity contribution is 8.23. The fourth-order valence-corrected chi connectivity index (χ4v) is 5.17. The molecule has 0 spiro atoms. The monoisotopic (exact) mass is 513 g/mol. The summed E-state index contributed by atoms with van der Waals surface area (Å²) in [6.45, 7) is 2.63. The second kappa shape index (κ2) is 9.37. The number of anilines is 1. The lowest BCUT2D eigenvalue weighted by Crippen LogP contribution is -2.36. The number of nitrogens with one attached hydrogen (secondary N) is 3. The summed E-state index contributed by atoms with van der Waals surface area (Å²) in [7, 11) is -3.76. The van der Waals surface area contributed by atoms with Gasteiger partial charge in [-0.1, -0.05) is 22.9 Å². The maximum absolute atomic E-state index is 13.5. The molecule has 11 nitrogen and oxygen atoms in total. The second-order valence-corrected chi connectivity index (χ2v) is 10.3. The van der Waals surface area contributed by atoms with E-state index in [1.165, 1.54) is 16.8 Å². The van der Waals surface area contributed by atoms with Crippen LogP contribution in [0.4, 0.5) is 5.69 Å². The van der Waals surface area contributed by atoms with E-state index >= 15 is 0 Å². The first-order chi connectivity index (χ1) is 17.3. The molecule has 2 heterocycles. The van der Waals surface area contributed by atoms with E-state index in [1.54, 1.807) is 37.3 Å². The number of pyridine rings is 1. The van der Waals surface area contributed by atoms with E-state index in [4.69, 9.17) is 4.74 Å². The number of likely N-dealkylation sites (N-methyl/N-ethyl adjacent to an activating group) is 1. The maximum atomic E-state index is 13.5. The molecule has 3 aromatic rings. The Morgan fingerprint density at radius 1 is 1.25 bits per heavy atom. The highest BCUT2D eigenvalue weighted by Gasteiger charge is 2.31. The Morgan fingerprint density at radius 3 is 2.78 bits per heavy atom. The van der Waals surface area contributed by atoms with Crippen molar-refractivity contribution in [3.63, 3.8) is 0 Å². The van der Waals surface area contributed by atoms with Crippen molar-refractivity contribution in [2.75, 3.05) is 30.4 Å². The molecule has 1 aliphatic heterocycles. The predicted molar refractivity (Wildman–Crippen MR) is 139 cm³/mol. The summed E-state index contributed by atoms with van der Waals surface area (Å²) in [6.07, 6.45) is 2.18. The first-order valence-electron chi connectivity index (χ1n) is 11.6. The summed E-state index contributed by atoms with van der Waals surface area (Å²) in [5.74, 6) is -0.0406. The van der Waals surface area contributed by atoms with Gasteiger partial charge in [-0.05, 0) is 49.9 Å². The van der Waals surface area contributed by atoms with Gasteiger partial charge in [-0.2, -0.15) is 0 Å². The minimum Gasteiger partial charge on any atom is -0.506 e. The number of carbonyl (C=O) groups excluding carboxylic acids is 1. The standard InChI is InChI=1S/C24H27N5O6S/c1-2-25-20(30)13-35-15-9-10-17-19(11-15)36(33,34)28-23(27-17)21-22(31)16-5-3-4-6-18(16)29(24(21)32)26-12-14-7-8-14/h3-6,9-11,14,26,31,33-34H,2,7-8,12-13H2,1H3,(H,25,30)(H,27,28). The number of fused-ring (bicyclic) bond motifs is 2. The molecule has 1 saturated carbocycles. The average molecular weight is 514 g/mol. The van der Waals surface area contributed by atoms with Crippen LogP contribution in [0.5, 0.6) is 11.5 Å². The highest BCUT2D eigenvalue weighted by Crippen LogP contribution is 2.56. The lowest BCUT2D eigenvalue weighted by Gasteiger charge is -2.34. The quantitative estimate of drug-likeness (QED) is 0.268. The van der Waals surface area contributed by atoms with Crippen LogP contribution < -0.4 is 26.4 Å². The summed E-state index contributed by atoms with van der Waals surface area (Å²) >= 11 is 0. The third-order valence-electron chi connectivity index (χ3n) is 5.99. The summed E-state index contributed by atoms with van der Waals surface area (Å²) in [5.41, 5.74) is 3.18. The first-order valence-corrected chi connectivity index (χ1v) is 13.1. The molecule has 190 valence electrons. The lowest BCUT2D eigenvalue weighted by molar-refractivity contribution is -0.122. The van der Waals surface area contributed by atoms with E-state index in [2.05, 4.69) is 20.5 Å². The minimum atomic E-state index is -3.76. The predicted octanol–water partition coefficient (Wildman–Crippen LogP) is 3.07. The molecule has 0 saturated heterocycles. The summed E-state index contributed by atoms with van der Waals surface area (Å²) in [6, 6.07) is 11.4. The van der Waals surface area contributed by atoms with Gasteiger partial charge in [0.1, 0.15) is 22.0 Å². The fourth-order valence-electron chi connectivity index (χ4n) is 3.99. The molecule has 0 radical (unpaired) electrons. The maximum Gasteiger partial charge on any atom is 0.284 e. The number of hydrogen-bond donors (Lipinski definition) is 6. The van der Waals surface area contributed by atoms with Crippen LogP contribution in [0, 0.1) is 5.92 Å². The van der Waals surface area contributed by atoms with Gasteiger partial charge in [0.15, 0.2) is 12.4 Å². The Hall–Kier alpha value is -3.74. The smallest absolute Gasteiger partial charge is 0.284 e. The molecule has 0 unspecified atom stereocenters. The van der Waals surface area contributed by atoms with Gasteiger partial charge in [-0.3, -0.25) is 18.7 Å². The van der Waals surface area contributed by atoms with Crippen molar-refractivity contribution < 1.29 is 23.7 Å². The molecule has 2 aromatic carbocycles. The SMILES string of the molecule is CCNC(=O)COc1ccc2c(c1)S(O)(O)N=C(c1c(O)c3ccccc3n(NCC3CC3)c1=O)N2. The largest absolute Gasteiger partial charge is 0.506 e. The number of ether oxygens (including phenoxy) is 1. The molecule has 6 N–H and O–H groups in total. The number of amides is 1. The van der Waals surface area contributed by atoms with Gasteiger partial charge in [-0.15, -0.1) is 4.40 Å². The van der Waals surface area contributed by atoms with E-state index in [0.717, 1.165) is 12.8 Å². The van der Waals surface area contributed by atoms with Crippen LogP contribution in [0.3, 0.4) is 0 Å². The Bertz CT molecular complexity index is 1430. The Kier molecular flexibility index (Phi) is 6.24. The average Bonchev–Trinajstić information content (AvgIpc) is 3.67. The molecule has 1 amide bonds. The number of para-hydroxylation sites is 1. The number of amidine groups is 1. The van der Waals surface area contributed by atoms with Crippen molar-refractivity contribution in [1.29, 1.82) is 0 Å². The zero-order chi connectivity index (χ0) is 25.4. The third kappa shape index (κ3) is 4.57. The molecule has 0 bridgehead atoms. The fraction of sp³-hybridized carbons (Fsp3) is 0.292. The van der Waals surface area contributed by atoms with Gasteiger partial charge < -0.3 is 25.9 Å². The van der Waals surface area contributed by atoms with Crippen LogP contribution in [-0.2, 0) is 4.79 Å². The van der Waals surface area contributed by atoms with Crippen molar-refractivity contribution in [3.05, 3.63) is 58.4 Å². The Morgan fingerprint density at radius 2 is 2.03 bits per heavy atom. The third-order valence-corrected chi connectivity index (χ3v) is 7.35. The van der Waals surface area contributed by atoms with Crippen LogP contribution in [0.1, 0.15) is 25.3 Å². The number of carbonyl (C=O) groups is 1. The molecule has 1 aliphatic carbocycles. The molecule has 2 aliphatic rings. The second-order valence-electron chi connectivity index (χ2n) is 8.67. The van der Waals surface area contributed by atoms with E-state index in [-0.39, 0.29) is 46.0 Å². The van der Waals surface area contributed by atoms with Gasteiger partial charge in [0.25, 0.3) is 11.5 Å². The van der Waals surface area contributed by atoms with Gasteiger partial charge in [0, 0.05) is 24.5 Å².